The van der Waals surface area contributed by atoms with E-state index in [4.69, 9.17) is 4.99 Å². The maximum Gasteiger partial charge on any atom is 0.0802 e. The lowest BCUT2D eigenvalue weighted by Crippen LogP contribution is -2.05. The Hall–Kier alpha value is -2.40. The summed E-state index contributed by atoms with van der Waals surface area (Å²) >= 11 is 0. The standard InChI is InChI=1S/C19H22N2/c1-6-16-12-10-9-11-15(4)13-19(16)21-18(8-3)17(7-2)14-20-5/h6-8,11,13-14,16H,1,3,9H2,2,4-5H3/b15-11-,17-7+,19-13+,20-14-,21-18+. The molecule has 0 saturated carbocycles. The van der Waals surface area contributed by atoms with Crippen LogP contribution in [0.4, 0.5) is 0 Å². The molecule has 2 nitrogen and oxygen atoms in total. The molecule has 1 aliphatic carbocycles. The number of nitrogens with zero attached hydrogens (tertiary/aromatic N) is 2. The Morgan fingerprint density at radius 3 is 2.76 bits per heavy atom. The molecule has 1 rings (SSSR count). The van der Waals surface area contributed by atoms with Gasteiger partial charge in [-0.15, -0.1) is 6.58 Å². The van der Waals surface area contributed by atoms with Gasteiger partial charge in [0, 0.05) is 25.3 Å². The Bertz CT molecular complexity index is 614. The summed E-state index contributed by atoms with van der Waals surface area (Å²) in [5.74, 6) is 6.25. The molecule has 0 spiro atoms. The van der Waals surface area contributed by atoms with Crippen LogP contribution in [0, 0.1) is 17.8 Å². The predicted octanol–water partition coefficient (Wildman–Crippen LogP) is 4.30. The van der Waals surface area contributed by atoms with Crippen molar-refractivity contribution in [3.63, 3.8) is 0 Å². The topological polar surface area (TPSA) is 24.7 Å². The zero-order chi connectivity index (χ0) is 15.7. The van der Waals surface area contributed by atoms with Crippen molar-refractivity contribution in [2.75, 3.05) is 7.05 Å². The van der Waals surface area contributed by atoms with Gasteiger partial charge in [-0.25, -0.2) is 0 Å². The predicted molar refractivity (Wildman–Crippen MR) is 93.7 cm³/mol. The minimum absolute atomic E-state index is 0.0692. The fourth-order valence-electron chi connectivity index (χ4n) is 1.91. The van der Waals surface area contributed by atoms with Gasteiger partial charge >= 0.3 is 0 Å². The second-order valence-corrected chi connectivity index (χ2v) is 4.59. The average Bonchev–Trinajstić information content (AvgIpc) is 2.47. The van der Waals surface area contributed by atoms with E-state index in [0.717, 1.165) is 29.0 Å². The first-order valence-corrected chi connectivity index (χ1v) is 6.95. The third-order valence-corrected chi connectivity index (χ3v) is 3.03. The molecule has 108 valence electrons. The summed E-state index contributed by atoms with van der Waals surface area (Å²) in [6.45, 7) is 11.7. The van der Waals surface area contributed by atoms with Crippen LogP contribution < -0.4 is 0 Å². The van der Waals surface area contributed by atoms with Crippen molar-refractivity contribution in [3.8, 4) is 11.8 Å². The van der Waals surface area contributed by atoms with Crippen molar-refractivity contribution >= 4 is 11.9 Å². The lowest BCUT2D eigenvalue weighted by atomic mass is 10.0. The summed E-state index contributed by atoms with van der Waals surface area (Å²) in [6, 6.07) is 0. The Morgan fingerprint density at radius 2 is 2.19 bits per heavy atom. The highest BCUT2D eigenvalue weighted by Crippen LogP contribution is 2.19. The van der Waals surface area contributed by atoms with Gasteiger partial charge < -0.3 is 0 Å². The first-order valence-electron chi connectivity index (χ1n) is 6.95. The Balaban J connectivity index is 3.35. The maximum absolute atomic E-state index is 4.73. The molecule has 0 bridgehead atoms. The first-order chi connectivity index (χ1) is 10.2. The van der Waals surface area contributed by atoms with E-state index in [0.29, 0.717) is 0 Å². The van der Waals surface area contributed by atoms with Gasteiger partial charge in [-0.05, 0) is 26.0 Å². The van der Waals surface area contributed by atoms with Crippen LogP contribution in [0.25, 0.3) is 0 Å². The molecule has 0 saturated heterocycles. The quantitative estimate of drug-likeness (QED) is 0.407. The molecule has 0 radical (unpaired) electrons. The number of allylic oxidation sites excluding steroid dienone is 7. The molecule has 1 unspecified atom stereocenters. The minimum atomic E-state index is -0.0692. The van der Waals surface area contributed by atoms with Crippen molar-refractivity contribution in [2.45, 2.75) is 20.3 Å². The van der Waals surface area contributed by atoms with Crippen LogP contribution in [-0.2, 0) is 0 Å². The van der Waals surface area contributed by atoms with Gasteiger partial charge in [-0.3, -0.25) is 9.98 Å². The number of aliphatic imine (C=N–C) groups is 2. The minimum Gasteiger partial charge on any atom is -0.296 e. The highest BCUT2D eigenvalue weighted by atomic mass is 14.8. The monoisotopic (exact) mass is 278 g/mol. The molecule has 2 heteroatoms. The lowest BCUT2D eigenvalue weighted by Gasteiger charge is -2.11. The number of hydrogen-bond acceptors (Lipinski definition) is 2. The zero-order valence-corrected chi connectivity index (χ0v) is 13.1. The van der Waals surface area contributed by atoms with E-state index >= 15 is 0 Å². The second-order valence-electron chi connectivity index (χ2n) is 4.59. The Labute approximate surface area is 128 Å². The zero-order valence-electron chi connectivity index (χ0n) is 13.1. The molecule has 0 aliphatic heterocycles. The van der Waals surface area contributed by atoms with E-state index in [2.05, 4.69) is 49.1 Å². The van der Waals surface area contributed by atoms with Crippen LogP contribution in [0.3, 0.4) is 0 Å². The molecular formula is C19H22N2. The normalized spacial score (nSPS) is 24.8. The first kappa shape index (κ1) is 16.7. The molecule has 1 aliphatic rings. The van der Waals surface area contributed by atoms with Crippen LogP contribution >= 0.6 is 0 Å². The highest BCUT2D eigenvalue weighted by molar-refractivity contribution is 6.21. The largest absolute Gasteiger partial charge is 0.296 e. The van der Waals surface area contributed by atoms with Crippen LogP contribution in [0.1, 0.15) is 20.3 Å². The van der Waals surface area contributed by atoms with Crippen molar-refractivity contribution in [3.05, 3.63) is 60.4 Å². The molecule has 0 heterocycles. The lowest BCUT2D eigenvalue weighted by molar-refractivity contribution is 0.973. The van der Waals surface area contributed by atoms with E-state index in [1.165, 1.54) is 0 Å². The van der Waals surface area contributed by atoms with Gasteiger partial charge in [0.15, 0.2) is 0 Å². The smallest absolute Gasteiger partial charge is 0.0802 e. The summed E-state index contributed by atoms with van der Waals surface area (Å²) < 4.78 is 0. The van der Waals surface area contributed by atoms with Gasteiger partial charge in [-0.2, -0.15) is 0 Å². The van der Waals surface area contributed by atoms with Gasteiger partial charge in [0.25, 0.3) is 0 Å². The van der Waals surface area contributed by atoms with Gasteiger partial charge in [-0.1, -0.05) is 42.2 Å². The van der Waals surface area contributed by atoms with E-state index in [-0.39, 0.29) is 5.92 Å². The molecule has 0 aromatic carbocycles. The molecule has 0 fully saturated rings. The third-order valence-electron chi connectivity index (χ3n) is 3.03. The summed E-state index contributed by atoms with van der Waals surface area (Å²) in [7, 11) is 1.74. The molecule has 0 N–H and O–H groups in total. The molecule has 21 heavy (non-hydrogen) atoms. The van der Waals surface area contributed by atoms with E-state index in [1.807, 2.05) is 19.1 Å². The van der Waals surface area contributed by atoms with Crippen molar-refractivity contribution in [1.29, 1.82) is 0 Å². The van der Waals surface area contributed by atoms with Crippen LogP contribution in [-0.4, -0.2) is 19.0 Å². The second kappa shape index (κ2) is 8.71. The van der Waals surface area contributed by atoms with Gasteiger partial charge in [0.2, 0.25) is 0 Å². The number of rotatable bonds is 5. The number of hydrogen-bond donors (Lipinski definition) is 0. The van der Waals surface area contributed by atoms with Crippen LogP contribution in [0.5, 0.6) is 0 Å². The summed E-state index contributed by atoms with van der Waals surface area (Å²) in [6.07, 6.45) is 12.2. The molecule has 0 aromatic heterocycles. The summed E-state index contributed by atoms with van der Waals surface area (Å²) in [5, 5.41) is 0. The van der Waals surface area contributed by atoms with E-state index < -0.39 is 0 Å². The third kappa shape index (κ3) is 4.89. The molecule has 0 aromatic rings. The van der Waals surface area contributed by atoms with Crippen LogP contribution in [0.15, 0.2) is 70.4 Å². The Morgan fingerprint density at radius 1 is 1.43 bits per heavy atom. The fourth-order valence-corrected chi connectivity index (χ4v) is 1.91. The van der Waals surface area contributed by atoms with Crippen molar-refractivity contribution in [2.24, 2.45) is 15.9 Å². The van der Waals surface area contributed by atoms with Crippen molar-refractivity contribution < 1.29 is 0 Å². The average molecular weight is 278 g/mol. The van der Waals surface area contributed by atoms with Crippen molar-refractivity contribution in [1.82, 2.24) is 0 Å². The molecule has 1 atom stereocenters. The molecule has 0 amide bonds. The summed E-state index contributed by atoms with van der Waals surface area (Å²) in [4.78, 5) is 8.79. The highest BCUT2D eigenvalue weighted by Gasteiger charge is 2.10. The van der Waals surface area contributed by atoms with Gasteiger partial charge in [0.05, 0.1) is 17.3 Å². The van der Waals surface area contributed by atoms with E-state index in [9.17, 15) is 0 Å². The van der Waals surface area contributed by atoms with Gasteiger partial charge in [0.1, 0.15) is 0 Å². The Kier molecular flexibility index (Phi) is 6.91. The van der Waals surface area contributed by atoms with E-state index in [1.54, 1.807) is 19.3 Å². The molecular weight excluding hydrogens is 256 g/mol. The maximum atomic E-state index is 4.73. The fraction of sp³-hybridized carbons (Fsp3) is 0.263. The SMILES string of the molecule is C=CC(=N\C1=C\C(C)=C/CC#CC1C=C)/C(/C=N\C)=C/C. The van der Waals surface area contributed by atoms with Crippen LogP contribution in [0.2, 0.25) is 0 Å². The summed E-state index contributed by atoms with van der Waals surface area (Å²) in [5.41, 5.74) is 3.76.